The van der Waals surface area contributed by atoms with Crippen LogP contribution in [0.3, 0.4) is 0 Å². The molecule has 0 radical (unpaired) electrons. The molecule has 4 aromatic carbocycles. The lowest BCUT2D eigenvalue weighted by Crippen LogP contribution is -2.42. The molecule has 0 aliphatic rings. The number of aryl methyl sites for hydroxylation is 2. The fraction of sp³-hybridized carbons (Fsp3) is 0.282. The predicted molar refractivity (Wildman–Crippen MR) is 220 cm³/mol. The van der Waals surface area contributed by atoms with Crippen molar-refractivity contribution < 1.29 is 33.9 Å². The summed E-state index contributed by atoms with van der Waals surface area (Å²) in [5.41, 5.74) is 11.7. The highest BCUT2D eigenvalue weighted by molar-refractivity contribution is 7.98. The number of carboxylic acid groups (broad SMARTS) is 1. The first-order valence-electron chi connectivity index (χ1n) is 16.5. The van der Waals surface area contributed by atoms with Crippen molar-refractivity contribution in [3.8, 4) is 22.3 Å². The number of rotatable bonds is 15. The molecule has 4 aromatic rings. The number of ether oxygens (including phenoxy) is 1. The van der Waals surface area contributed by atoms with Gasteiger partial charge < -0.3 is 26.2 Å². The Hall–Kier alpha value is -5.05. The van der Waals surface area contributed by atoms with Crippen LogP contribution in [0.1, 0.15) is 44.7 Å². The van der Waals surface area contributed by atoms with Crippen molar-refractivity contribution in [3.05, 3.63) is 117 Å². The van der Waals surface area contributed by atoms with Crippen LogP contribution < -0.4 is 16.4 Å². The van der Waals surface area contributed by atoms with Gasteiger partial charge in [0.1, 0.15) is 12.1 Å². The van der Waals surface area contributed by atoms with Crippen LogP contribution in [0.15, 0.2) is 84.9 Å². The normalized spacial score (nSPS) is 11.4. The molecule has 54 heavy (non-hydrogen) atoms. The van der Waals surface area contributed by atoms with Crippen molar-refractivity contribution in [2.75, 3.05) is 36.9 Å². The van der Waals surface area contributed by atoms with Gasteiger partial charge in [-0.2, -0.15) is 23.5 Å². The third-order valence-electron chi connectivity index (χ3n) is 8.23. The molecule has 0 unspecified atom stereocenters. The van der Waals surface area contributed by atoms with Crippen LogP contribution in [0.25, 0.3) is 22.3 Å². The number of nitrogens with one attached hydrogen (secondary N) is 2. The maximum Gasteiger partial charge on any atom is 0.328 e. The molecule has 5 N–H and O–H groups in total. The standard InChI is InChI=1S/C20H24N2O3S.C19H20N2O5S.ClH/c1-13-6-4-5-7-15(13)17-12-14(21)8-9-16(17)19(23)22-18(10-11-26-3)20(24)25-2;1-12-5-3-4-6-14(12)16-11-13(21(25)26)7-8-15(16)18(22)20-17(19(23)24)9-10-27-2;/h4-9,12,18H,10-11,21H2,1-3H3,(H,22,23);3-8,11,17H,9-10H2,1-2H3,(H,20,22)(H,23,24);1H/t18-;17-;/m00./s1. The number of esters is 1. The van der Waals surface area contributed by atoms with Gasteiger partial charge in [0, 0.05) is 34.5 Å². The number of halogens is 1. The van der Waals surface area contributed by atoms with E-state index in [0.717, 1.165) is 28.0 Å². The number of amides is 2. The first-order valence-corrected chi connectivity index (χ1v) is 19.3. The van der Waals surface area contributed by atoms with Gasteiger partial charge in [-0.1, -0.05) is 48.5 Å². The molecule has 288 valence electrons. The second-order valence-electron chi connectivity index (χ2n) is 11.9. The number of nitro groups is 1. The average molecular weight is 797 g/mol. The molecule has 12 nitrogen and oxygen atoms in total. The van der Waals surface area contributed by atoms with E-state index in [0.29, 0.717) is 34.6 Å². The minimum absolute atomic E-state index is 0. The second-order valence-corrected chi connectivity index (χ2v) is 13.9. The number of carbonyl (C=O) groups excluding carboxylic acids is 3. The fourth-order valence-electron chi connectivity index (χ4n) is 5.39. The highest BCUT2D eigenvalue weighted by atomic mass is 35.5. The van der Waals surface area contributed by atoms with Crippen molar-refractivity contribution in [1.82, 2.24) is 10.6 Å². The Morgan fingerprint density at radius 1 is 0.759 bits per heavy atom. The number of nitrogen functional groups attached to an aromatic ring is 1. The Labute approximate surface area is 329 Å². The number of non-ortho nitro benzene ring substituents is 1. The van der Waals surface area contributed by atoms with E-state index in [2.05, 4.69) is 10.6 Å². The van der Waals surface area contributed by atoms with E-state index >= 15 is 0 Å². The molecule has 4 rings (SSSR count). The quantitative estimate of drug-likeness (QED) is 0.0412. The summed E-state index contributed by atoms with van der Waals surface area (Å²) in [4.78, 5) is 59.7. The number of anilines is 1. The molecule has 0 heterocycles. The zero-order valence-corrected chi connectivity index (χ0v) is 33.1. The number of carboxylic acids is 1. The lowest BCUT2D eigenvalue weighted by molar-refractivity contribution is -0.384. The SMILES string of the molecule is COC(=O)[C@H](CCSC)NC(=O)c1ccc(N)cc1-c1ccccc1C.CSCC[C@H](NC(=O)c1ccc([N+](=O)[O-])cc1-c1ccccc1C)C(=O)O.Cl. The van der Waals surface area contributed by atoms with Crippen LogP contribution in [0.5, 0.6) is 0 Å². The molecule has 0 spiro atoms. The van der Waals surface area contributed by atoms with Crippen molar-refractivity contribution in [3.63, 3.8) is 0 Å². The molecule has 0 bridgehead atoms. The smallest absolute Gasteiger partial charge is 0.328 e. The molecule has 2 amide bonds. The monoisotopic (exact) mass is 796 g/mol. The number of nitrogens with two attached hydrogens (primary N) is 1. The van der Waals surface area contributed by atoms with Crippen LogP contribution in [0, 0.1) is 24.0 Å². The van der Waals surface area contributed by atoms with Crippen LogP contribution in [-0.2, 0) is 14.3 Å². The third-order valence-corrected chi connectivity index (χ3v) is 9.52. The number of hydrogen-bond acceptors (Lipinski definition) is 10. The predicted octanol–water partition coefficient (Wildman–Crippen LogP) is 7.20. The summed E-state index contributed by atoms with van der Waals surface area (Å²) in [5, 5.41) is 25.8. The fourth-order valence-corrected chi connectivity index (χ4v) is 6.33. The number of carbonyl (C=O) groups is 4. The van der Waals surface area contributed by atoms with Crippen LogP contribution in [0.4, 0.5) is 11.4 Å². The number of aliphatic carboxylic acids is 1. The highest BCUT2D eigenvalue weighted by Gasteiger charge is 2.25. The molecule has 15 heteroatoms. The van der Waals surface area contributed by atoms with Gasteiger partial charge in [0.05, 0.1) is 12.0 Å². The number of thioether (sulfide) groups is 2. The van der Waals surface area contributed by atoms with Crippen molar-refractivity contribution >= 4 is 71.1 Å². The van der Waals surface area contributed by atoms with Gasteiger partial charge in [0.2, 0.25) is 0 Å². The van der Waals surface area contributed by atoms with Gasteiger partial charge in [-0.05, 0) is 103 Å². The van der Waals surface area contributed by atoms with Gasteiger partial charge in [-0.15, -0.1) is 12.4 Å². The van der Waals surface area contributed by atoms with E-state index in [-0.39, 0.29) is 36.0 Å². The summed E-state index contributed by atoms with van der Waals surface area (Å²) < 4.78 is 4.82. The Morgan fingerprint density at radius 2 is 1.22 bits per heavy atom. The van der Waals surface area contributed by atoms with E-state index in [4.69, 9.17) is 10.5 Å². The minimum atomic E-state index is -1.11. The number of nitro benzene ring substituents is 1. The summed E-state index contributed by atoms with van der Waals surface area (Å²) in [7, 11) is 1.32. The Balaban J connectivity index is 0.000000367. The summed E-state index contributed by atoms with van der Waals surface area (Å²) in [6.07, 6.45) is 4.60. The molecular weight excluding hydrogens is 752 g/mol. The van der Waals surface area contributed by atoms with E-state index in [1.54, 1.807) is 42.1 Å². The van der Waals surface area contributed by atoms with Gasteiger partial charge in [-0.25, -0.2) is 9.59 Å². The third kappa shape index (κ3) is 12.5. The molecular formula is C39H45ClN4O8S2. The van der Waals surface area contributed by atoms with Crippen molar-refractivity contribution in [2.24, 2.45) is 0 Å². The average Bonchev–Trinajstić information content (AvgIpc) is 3.14. The van der Waals surface area contributed by atoms with Gasteiger partial charge >= 0.3 is 11.9 Å². The lowest BCUT2D eigenvalue weighted by Gasteiger charge is -2.18. The highest BCUT2D eigenvalue weighted by Crippen LogP contribution is 2.31. The first-order chi connectivity index (χ1) is 25.3. The molecule has 0 saturated carbocycles. The summed E-state index contributed by atoms with van der Waals surface area (Å²) in [5.74, 6) is -1.12. The van der Waals surface area contributed by atoms with Gasteiger partial charge in [-0.3, -0.25) is 19.7 Å². The van der Waals surface area contributed by atoms with Crippen LogP contribution in [0.2, 0.25) is 0 Å². The molecule has 0 aromatic heterocycles. The van der Waals surface area contributed by atoms with Crippen LogP contribution in [-0.4, -0.2) is 77.0 Å². The molecule has 0 aliphatic carbocycles. The summed E-state index contributed by atoms with van der Waals surface area (Å²) in [6.45, 7) is 3.82. The van der Waals surface area contributed by atoms with E-state index in [1.807, 2.05) is 62.8 Å². The summed E-state index contributed by atoms with van der Waals surface area (Å²) >= 11 is 3.10. The largest absolute Gasteiger partial charge is 0.480 e. The van der Waals surface area contributed by atoms with Gasteiger partial charge in [0.15, 0.2) is 0 Å². The summed E-state index contributed by atoms with van der Waals surface area (Å²) in [6, 6.07) is 22.4. The van der Waals surface area contributed by atoms with E-state index < -0.39 is 34.9 Å². The molecule has 0 fully saturated rings. The number of methoxy groups -OCH3 is 1. The maximum absolute atomic E-state index is 12.9. The molecule has 0 aliphatic heterocycles. The second kappa shape index (κ2) is 22.2. The number of hydrogen-bond donors (Lipinski definition) is 4. The zero-order valence-electron chi connectivity index (χ0n) is 30.6. The number of nitrogens with zero attached hydrogens (tertiary/aromatic N) is 1. The molecule has 0 saturated heterocycles. The van der Waals surface area contributed by atoms with E-state index in [1.165, 1.54) is 37.1 Å². The maximum atomic E-state index is 12.9. The lowest BCUT2D eigenvalue weighted by atomic mass is 9.95. The molecule has 2 atom stereocenters. The number of benzene rings is 4. The zero-order chi connectivity index (χ0) is 39.1. The first kappa shape index (κ1) is 45.1. The van der Waals surface area contributed by atoms with Crippen molar-refractivity contribution in [2.45, 2.75) is 38.8 Å². The minimum Gasteiger partial charge on any atom is -0.480 e. The topological polar surface area (TPSA) is 191 Å². The van der Waals surface area contributed by atoms with Crippen molar-refractivity contribution in [1.29, 1.82) is 0 Å². The van der Waals surface area contributed by atoms with Crippen LogP contribution >= 0.6 is 35.9 Å². The van der Waals surface area contributed by atoms with E-state index in [9.17, 15) is 34.4 Å². The Morgan fingerprint density at radius 3 is 1.69 bits per heavy atom. The Kier molecular flexibility index (Phi) is 18.6. The van der Waals surface area contributed by atoms with Gasteiger partial charge in [0.25, 0.3) is 17.5 Å². The Bertz CT molecular complexity index is 1940.